The Morgan fingerprint density at radius 3 is 2.28 bits per heavy atom. The molecule has 2 aromatic carbocycles. The summed E-state index contributed by atoms with van der Waals surface area (Å²) in [7, 11) is 0. The molecule has 0 fully saturated rings. The van der Waals surface area contributed by atoms with Crippen molar-refractivity contribution in [2.24, 2.45) is 5.73 Å². The van der Waals surface area contributed by atoms with Crippen molar-refractivity contribution in [1.29, 1.82) is 0 Å². The molecule has 2 aromatic rings. The van der Waals surface area contributed by atoms with Gasteiger partial charge in [0, 0.05) is 5.02 Å². The van der Waals surface area contributed by atoms with Crippen molar-refractivity contribution in [2.45, 2.75) is 26.3 Å². The van der Waals surface area contributed by atoms with E-state index < -0.39 is 5.54 Å². The Bertz CT molecular complexity index is 573. The first-order chi connectivity index (χ1) is 8.43. The van der Waals surface area contributed by atoms with E-state index in [0.29, 0.717) is 5.02 Å². The second kappa shape index (κ2) is 4.75. The summed E-state index contributed by atoms with van der Waals surface area (Å²) < 4.78 is 0. The van der Waals surface area contributed by atoms with Crippen molar-refractivity contribution in [2.75, 3.05) is 0 Å². The Balaban J connectivity index is 2.58. The fourth-order valence-electron chi connectivity index (χ4n) is 2.42. The minimum Gasteiger partial charge on any atom is -0.318 e. The van der Waals surface area contributed by atoms with Crippen LogP contribution in [0.4, 0.5) is 0 Å². The second-order valence-electron chi connectivity index (χ2n) is 5.00. The van der Waals surface area contributed by atoms with Gasteiger partial charge in [-0.15, -0.1) is 0 Å². The van der Waals surface area contributed by atoms with Gasteiger partial charge in [0.25, 0.3) is 0 Å². The fraction of sp³-hybridized carbons (Fsp3) is 0.250. The molecule has 0 radical (unpaired) electrons. The Labute approximate surface area is 114 Å². The van der Waals surface area contributed by atoms with Crippen molar-refractivity contribution in [3.8, 4) is 0 Å². The molecule has 1 atom stereocenters. The van der Waals surface area contributed by atoms with E-state index in [2.05, 4.69) is 32.0 Å². The van der Waals surface area contributed by atoms with E-state index in [1.165, 1.54) is 11.1 Å². The van der Waals surface area contributed by atoms with E-state index in [1.807, 2.05) is 31.2 Å². The molecule has 0 aliphatic heterocycles. The summed E-state index contributed by atoms with van der Waals surface area (Å²) in [6, 6.07) is 14.1. The molecule has 1 unspecified atom stereocenters. The average molecular weight is 260 g/mol. The molecule has 1 nitrogen and oxygen atoms in total. The lowest BCUT2D eigenvalue weighted by atomic mass is 9.83. The van der Waals surface area contributed by atoms with Crippen LogP contribution in [0.15, 0.2) is 42.5 Å². The molecule has 94 valence electrons. The van der Waals surface area contributed by atoms with Crippen LogP contribution in [0.3, 0.4) is 0 Å². The van der Waals surface area contributed by atoms with Gasteiger partial charge >= 0.3 is 0 Å². The zero-order chi connectivity index (χ0) is 13.3. The number of hydrogen-bond acceptors (Lipinski definition) is 1. The molecule has 2 heteroatoms. The number of hydrogen-bond donors (Lipinski definition) is 1. The first-order valence-corrected chi connectivity index (χ1v) is 6.42. The number of rotatable bonds is 2. The van der Waals surface area contributed by atoms with Gasteiger partial charge in [0.1, 0.15) is 0 Å². The van der Waals surface area contributed by atoms with Gasteiger partial charge in [-0.1, -0.05) is 53.6 Å². The zero-order valence-corrected chi connectivity index (χ0v) is 11.8. The number of aryl methyl sites for hydroxylation is 2. The maximum atomic E-state index is 6.53. The zero-order valence-electron chi connectivity index (χ0n) is 11.0. The number of benzene rings is 2. The van der Waals surface area contributed by atoms with Crippen LogP contribution in [0.25, 0.3) is 0 Å². The van der Waals surface area contributed by atoms with Gasteiger partial charge in [-0.05, 0) is 43.5 Å². The summed E-state index contributed by atoms with van der Waals surface area (Å²) in [6.45, 7) is 6.18. The SMILES string of the molecule is Cc1ccc(C(C)(N)c2ccccc2Cl)c(C)c1. The van der Waals surface area contributed by atoms with Crippen molar-refractivity contribution in [1.82, 2.24) is 0 Å². The summed E-state index contributed by atoms with van der Waals surface area (Å²) in [5.74, 6) is 0. The lowest BCUT2D eigenvalue weighted by Gasteiger charge is -2.28. The van der Waals surface area contributed by atoms with Crippen molar-refractivity contribution in [3.63, 3.8) is 0 Å². The lowest BCUT2D eigenvalue weighted by Crippen LogP contribution is -2.35. The molecule has 0 amide bonds. The van der Waals surface area contributed by atoms with Crippen LogP contribution in [0.2, 0.25) is 5.02 Å². The van der Waals surface area contributed by atoms with Crippen LogP contribution in [0, 0.1) is 13.8 Å². The molecule has 0 spiro atoms. The van der Waals surface area contributed by atoms with E-state index >= 15 is 0 Å². The standard InChI is InChI=1S/C16H18ClN/c1-11-8-9-13(12(2)10-11)16(3,18)14-6-4-5-7-15(14)17/h4-10H,18H2,1-3H3. The molecule has 0 bridgehead atoms. The third-order valence-corrected chi connectivity index (χ3v) is 3.70. The summed E-state index contributed by atoms with van der Waals surface area (Å²) in [4.78, 5) is 0. The highest BCUT2D eigenvalue weighted by Gasteiger charge is 2.27. The Morgan fingerprint density at radius 1 is 1.00 bits per heavy atom. The number of halogens is 1. The molecule has 2 N–H and O–H groups in total. The van der Waals surface area contributed by atoms with E-state index in [0.717, 1.165) is 11.1 Å². The van der Waals surface area contributed by atoms with Crippen molar-refractivity contribution >= 4 is 11.6 Å². The van der Waals surface area contributed by atoms with E-state index in [9.17, 15) is 0 Å². The van der Waals surface area contributed by atoms with Gasteiger partial charge in [-0.2, -0.15) is 0 Å². The van der Waals surface area contributed by atoms with Crippen LogP contribution >= 0.6 is 11.6 Å². The molecule has 0 aromatic heterocycles. The minimum absolute atomic E-state index is 0.573. The van der Waals surface area contributed by atoms with Crippen molar-refractivity contribution < 1.29 is 0 Å². The average Bonchev–Trinajstić information content (AvgIpc) is 2.28. The van der Waals surface area contributed by atoms with E-state index in [4.69, 9.17) is 17.3 Å². The fourth-order valence-corrected chi connectivity index (χ4v) is 2.76. The molecule has 2 rings (SSSR count). The maximum absolute atomic E-state index is 6.53. The van der Waals surface area contributed by atoms with Crippen LogP contribution in [-0.4, -0.2) is 0 Å². The van der Waals surface area contributed by atoms with Crippen molar-refractivity contribution in [3.05, 3.63) is 69.7 Å². The second-order valence-corrected chi connectivity index (χ2v) is 5.41. The van der Waals surface area contributed by atoms with Gasteiger partial charge in [0.05, 0.1) is 5.54 Å². The molecule has 0 aliphatic rings. The monoisotopic (exact) mass is 259 g/mol. The van der Waals surface area contributed by atoms with Crippen LogP contribution in [0.1, 0.15) is 29.2 Å². The normalized spacial score (nSPS) is 14.3. The first kappa shape index (κ1) is 13.1. The predicted molar refractivity (Wildman–Crippen MR) is 78.0 cm³/mol. The predicted octanol–water partition coefficient (Wildman–Crippen LogP) is 4.18. The third-order valence-electron chi connectivity index (χ3n) is 3.37. The highest BCUT2D eigenvalue weighted by Crippen LogP contribution is 2.33. The van der Waals surface area contributed by atoms with Gasteiger partial charge in [-0.25, -0.2) is 0 Å². The van der Waals surface area contributed by atoms with Gasteiger partial charge in [0.2, 0.25) is 0 Å². The Kier molecular flexibility index (Phi) is 3.47. The van der Waals surface area contributed by atoms with E-state index in [-0.39, 0.29) is 0 Å². The Morgan fingerprint density at radius 2 is 1.67 bits per heavy atom. The number of nitrogens with two attached hydrogens (primary N) is 1. The van der Waals surface area contributed by atoms with Gasteiger partial charge in [-0.3, -0.25) is 0 Å². The minimum atomic E-state index is -0.573. The summed E-state index contributed by atoms with van der Waals surface area (Å²) in [5.41, 5.74) is 10.5. The largest absolute Gasteiger partial charge is 0.318 e. The molecule has 0 saturated heterocycles. The van der Waals surface area contributed by atoms with Crippen LogP contribution < -0.4 is 5.73 Å². The molecule has 0 aliphatic carbocycles. The molecule has 0 saturated carbocycles. The summed E-state index contributed by atoms with van der Waals surface area (Å²) in [5, 5.41) is 0.711. The summed E-state index contributed by atoms with van der Waals surface area (Å²) in [6.07, 6.45) is 0. The molecule has 18 heavy (non-hydrogen) atoms. The molecular weight excluding hydrogens is 242 g/mol. The topological polar surface area (TPSA) is 26.0 Å². The van der Waals surface area contributed by atoms with Gasteiger partial charge < -0.3 is 5.73 Å². The van der Waals surface area contributed by atoms with Gasteiger partial charge in [0.15, 0.2) is 0 Å². The quantitative estimate of drug-likeness (QED) is 0.860. The first-order valence-electron chi connectivity index (χ1n) is 6.04. The molecule has 0 heterocycles. The third kappa shape index (κ3) is 2.29. The lowest BCUT2D eigenvalue weighted by molar-refractivity contribution is 0.599. The summed E-state index contributed by atoms with van der Waals surface area (Å²) >= 11 is 6.26. The maximum Gasteiger partial charge on any atom is 0.0654 e. The highest BCUT2D eigenvalue weighted by atomic mass is 35.5. The van der Waals surface area contributed by atoms with Crippen LogP contribution in [0.5, 0.6) is 0 Å². The van der Waals surface area contributed by atoms with Crippen LogP contribution in [-0.2, 0) is 5.54 Å². The highest BCUT2D eigenvalue weighted by molar-refractivity contribution is 6.31. The van der Waals surface area contributed by atoms with E-state index in [1.54, 1.807) is 0 Å². The Hall–Kier alpha value is -1.31. The smallest absolute Gasteiger partial charge is 0.0654 e. The molecular formula is C16H18ClN.